The Morgan fingerprint density at radius 3 is 2.27 bits per heavy atom. The van der Waals surface area contributed by atoms with Gasteiger partial charge in [-0.15, -0.1) is 0 Å². The number of hydrogen-bond donors (Lipinski definition) is 2. The van der Waals surface area contributed by atoms with Crippen LogP contribution < -0.4 is 10.0 Å². The number of amides is 1. The number of carbonyl (C=O) groups excluding carboxylic acids is 2. The molecule has 1 aliphatic rings. The van der Waals surface area contributed by atoms with E-state index in [1.807, 2.05) is 60.7 Å². The van der Waals surface area contributed by atoms with Gasteiger partial charge < -0.3 is 10.1 Å². The van der Waals surface area contributed by atoms with Crippen LogP contribution in [0.15, 0.2) is 77.7 Å². The third-order valence-electron chi connectivity index (χ3n) is 6.24. The second-order valence-corrected chi connectivity index (χ2v) is 10.3. The third-order valence-corrected chi connectivity index (χ3v) is 7.76. The van der Waals surface area contributed by atoms with Gasteiger partial charge in [0.05, 0.1) is 10.9 Å². The largest absolute Gasteiger partial charge is 0.346 e. The molecule has 1 aliphatic carbocycles. The summed E-state index contributed by atoms with van der Waals surface area (Å²) in [7, 11) is -3.64. The lowest BCUT2D eigenvalue weighted by Gasteiger charge is -2.29. The number of sulfonamides is 1. The zero-order valence-electron chi connectivity index (χ0n) is 18.3. The Labute approximate surface area is 194 Å². The molecule has 0 aromatic heterocycles. The molecule has 33 heavy (non-hydrogen) atoms. The Balaban J connectivity index is 1.31. The zero-order chi connectivity index (χ0) is 23.3. The topological polar surface area (TPSA) is 92.3 Å². The first-order valence-corrected chi connectivity index (χ1v) is 12.7. The molecule has 7 heteroatoms. The van der Waals surface area contributed by atoms with Crippen LogP contribution in [0.4, 0.5) is 0 Å². The molecular weight excluding hydrogens is 436 g/mol. The Morgan fingerprint density at radius 1 is 0.909 bits per heavy atom. The number of benzene rings is 3. The van der Waals surface area contributed by atoms with Gasteiger partial charge in [-0.05, 0) is 60.6 Å². The van der Waals surface area contributed by atoms with Crippen molar-refractivity contribution in [1.82, 2.24) is 10.0 Å². The van der Waals surface area contributed by atoms with E-state index in [0.29, 0.717) is 32.1 Å². The van der Waals surface area contributed by atoms with E-state index in [0.717, 1.165) is 22.6 Å². The lowest BCUT2D eigenvalue weighted by molar-refractivity contribution is -0.128. The number of hydrogen-bond acceptors (Lipinski definition) is 4. The Morgan fingerprint density at radius 2 is 1.58 bits per heavy atom. The van der Waals surface area contributed by atoms with Crippen LogP contribution in [-0.2, 0) is 26.0 Å². The quantitative estimate of drug-likeness (QED) is 0.498. The molecule has 1 amide bonds. The van der Waals surface area contributed by atoms with Gasteiger partial charge in [0.2, 0.25) is 15.9 Å². The van der Waals surface area contributed by atoms with E-state index in [4.69, 9.17) is 0 Å². The van der Waals surface area contributed by atoms with Gasteiger partial charge in [0.25, 0.3) is 0 Å². The van der Waals surface area contributed by atoms with Crippen LogP contribution in [0.1, 0.15) is 31.2 Å². The van der Waals surface area contributed by atoms with Crippen molar-refractivity contribution in [2.24, 2.45) is 5.92 Å². The number of carbonyl (C=O) groups is 2. The summed E-state index contributed by atoms with van der Waals surface area (Å²) in [4.78, 5) is 24.4. The van der Waals surface area contributed by atoms with Crippen molar-refractivity contribution < 1.29 is 18.0 Å². The fraction of sp³-hybridized carbons (Fsp3) is 0.308. The summed E-state index contributed by atoms with van der Waals surface area (Å²) in [6.45, 7) is 0. The van der Waals surface area contributed by atoms with Gasteiger partial charge in [0.1, 0.15) is 6.29 Å². The predicted octanol–water partition coefficient (Wildman–Crippen LogP) is 3.60. The van der Waals surface area contributed by atoms with Gasteiger partial charge in [0.15, 0.2) is 0 Å². The molecule has 4 rings (SSSR count). The minimum atomic E-state index is -3.64. The minimum absolute atomic E-state index is 0.140. The normalized spacial score (nSPS) is 19.6. The Kier molecular flexibility index (Phi) is 7.20. The highest BCUT2D eigenvalue weighted by molar-refractivity contribution is 7.89. The van der Waals surface area contributed by atoms with Crippen LogP contribution in [0.25, 0.3) is 10.8 Å². The first-order valence-electron chi connectivity index (χ1n) is 11.3. The molecular formula is C26H28N2O4S. The number of fused-ring (bicyclic) bond motifs is 1. The Bertz CT molecular complexity index is 1220. The summed E-state index contributed by atoms with van der Waals surface area (Å²) in [6.07, 6.45) is 3.54. The first kappa shape index (κ1) is 23.1. The molecule has 1 saturated carbocycles. The van der Waals surface area contributed by atoms with Crippen LogP contribution in [-0.4, -0.2) is 32.7 Å². The summed E-state index contributed by atoms with van der Waals surface area (Å²) in [5.41, 5.74) is 0.988. The number of aldehydes is 1. The summed E-state index contributed by atoms with van der Waals surface area (Å²) in [5, 5.41) is 4.71. The fourth-order valence-electron chi connectivity index (χ4n) is 4.40. The van der Waals surface area contributed by atoms with Crippen molar-refractivity contribution in [1.29, 1.82) is 0 Å². The van der Waals surface area contributed by atoms with Crippen LogP contribution >= 0.6 is 0 Å². The van der Waals surface area contributed by atoms with Crippen molar-refractivity contribution in [2.45, 2.75) is 49.1 Å². The highest BCUT2D eigenvalue weighted by Gasteiger charge is 2.30. The second kappa shape index (κ2) is 10.3. The summed E-state index contributed by atoms with van der Waals surface area (Å²) in [6, 6.07) is 21.5. The monoisotopic (exact) mass is 464 g/mol. The van der Waals surface area contributed by atoms with Crippen molar-refractivity contribution in [3.8, 4) is 0 Å². The number of nitrogens with one attached hydrogen (secondary N) is 2. The molecule has 6 nitrogen and oxygen atoms in total. The molecule has 0 heterocycles. The lowest BCUT2D eigenvalue weighted by atomic mass is 9.85. The molecule has 2 N–H and O–H groups in total. The maximum Gasteiger partial charge on any atom is 0.240 e. The van der Waals surface area contributed by atoms with Crippen LogP contribution in [0, 0.1) is 5.92 Å². The van der Waals surface area contributed by atoms with E-state index in [-0.39, 0.29) is 22.8 Å². The van der Waals surface area contributed by atoms with Gasteiger partial charge in [0, 0.05) is 12.0 Å². The molecule has 172 valence electrons. The SMILES string of the molecule is O=CC(Cc1ccccc1)NC(=O)C1CCC(NS(=O)(=O)c2ccc3ccccc3c2)CC1. The molecule has 0 aliphatic heterocycles. The summed E-state index contributed by atoms with van der Waals surface area (Å²) < 4.78 is 28.6. The van der Waals surface area contributed by atoms with Gasteiger partial charge in [-0.2, -0.15) is 0 Å². The predicted molar refractivity (Wildman–Crippen MR) is 128 cm³/mol. The molecule has 1 unspecified atom stereocenters. The molecule has 0 saturated heterocycles. The number of rotatable bonds is 8. The van der Waals surface area contributed by atoms with Crippen molar-refractivity contribution in [3.63, 3.8) is 0 Å². The highest BCUT2D eigenvalue weighted by Crippen LogP contribution is 2.26. The molecule has 3 aromatic rings. The molecule has 0 spiro atoms. The minimum Gasteiger partial charge on any atom is -0.346 e. The molecule has 1 fully saturated rings. The third kappa shape index (κ3) is 5.86. The lowest BCUT2D eigenvalue weighted by Crippen LogP contribution is -2.44. The van der Waals surface area contributed by atoms with Gasteiger partial charge >= 0.3 is 0 Å². The van der Waals surface area contributed by atoms with Crippen molar-refractivity contribution >= 4 is 33.0 Å². The van der Waals surface area contributed by atoms with E-state index >= 15 is 0 Å². The average Bonchev–Trinajstić information content (AvgIpc) is 2.84. The zero-order valence-corrected chi connectivity index (χ0v) is 19.1. The van der Waals surface area contributed by atoms with E-state index in [1.54, 1.807) is 12.1 Å². The molecule has 0 bridgehead atoms. The molecule has 3 aromatic carbocycles. The average molecular weight is 465 g/mol. The van der Waals surface area contributed by atoms with Crippen molar-refractivity contribution in [2.75, 3.05) is 0 Å². The fourth-order valence-corrected chi connectivity index (χ4v) is 5.74. The van der Waals surface area contributed by atoms with Crippen LogP contribution in [0.5, 0.6) is 0 Å². The van der Waals surface area contributed by atoms with Gasteiger partial charge in [-0.1, -0.05) is 60.7 Å². The van der Waals surface area contributed by atoms with E-state index in [1.165, 1.54) is 0 Å². The van der Waals surface area contributed by atoms with Crippen LogP contribution in [0.3, 0.4) is 0 Å². The van der Waals surface area contributed by atoms with Crippen molar-refractivity contribution in [3.05, 3.63) is 78.4 Å². The maximum absolute atomic E-state index is 12.9. The van der Waals surface area contributed by atoms with E-state index in [9.17, 15) is 18.0 Å². The van der Waals surface area contributed by atoms with E-state index in [2.05, 4.69) is 10.0 Å². The second-order valence-electron chi connectivity index (χ2n) is 8.62. The van der Waals surface area contributed by atoms with Gasteiger partial charge in [-0.25, -0.2) is 13.1 Å². The molecule has 1 atom stereocenters. The summed E-state index contributed by atoms with van der Waals surface area (Å²) >= 11 is 0. The standard InChI is InChI=1S/C26H28N2O4S/c29-18-24(16-19-6-2-1-3-7-19)27-26(30)21-10-13-23(14-11-21)28-33(31,32)25-15-12-20-8-4-5-9-22(20)17-25/h1-9,12,15,17-18,21,23-24,28H,10-11,13-14,16H2,(H,27,30). The Hall–Kier alpha value is -3.03. The van der Waals surface area contributed by atoms with E-state index < -0.39 is 16.1 Å². The van der Waals surface area contributed by atoms with Crippen LogP contribution in [0.2, 0.25) is 0 Å². The first-order chi connectivity index (χ1) is 15.9. The molecule has 0 radical (unpaired) electrons. The highest BCUT2D eigenvalue weighted by atomic mass is 32.2. The maximum atomic E-state index is 12.9. The smallest absolute Gasteiger partial charge is 0.240 e. The van der Waals surface area contributed by atoms with Gasteiger partial charge in [-0.3, -0.25) is 4.79 Å². The summed E-state index contributed by atoms with van der Waals surface area (Å²) in [5.74, 6) is -0.358.